The van der Waals surface area contributed by atoms with Crippen LogP contribution in [0.5, 0.6) is 0 Å². The minimum atomic E-state index is -1.25. The first-order chi connectivity index (χ1) is 16.8. The van der Waals surface area contributed by atoms with Gasteiger partial charge in [-0.25, -0.2) is 14.2 Å². The molecule has 0 bridgehead atoms. The van der Waals surface area contributed by atoms with Crippen molar-refractivity contribution in [1.29, 1.82) is 0 Å². The number of benzene rings is 2. The molecule has 0 saturated heterocycles. The number of rotatable bonds is 7. The van der Waals surface area contributed by atoms with E-state index in [4.69, 9.17) is 4.74 Å². The highest BCUT2D eigenvalue weighted by molar-refractivity contribution is 5.96. The molecule has 0 radical (unpaired) electrons. The van der Waals surface area contributed by atoms with Crippen molar-refractivity contribution in [3.8, 4) is 0 Å². The van der Waals surface area contributed by atoms with Crippen molar-refractivity contribution in [3.63, 3.8) is 0 Å². The smallest absolute Gasteiger partial charge is 0.332 e. The second-order valence-corrected chi connectivity index (χ2v) is 7.84. The fraction of sp³-hybridized carbons (Fsp3) is 0.208. The van der Waals surface area contributed by atoms with Gasteiger partial charge in [0.25, 0.3) is 11.5 Å². The van der Waals surface area contributed by atoms with E-state index in [1.165, 1.54) is 53.8 Å². The van der Waals surface area contributed by atoms with Gasteiger partial charge in [-0.15, -0.1) is 0 Å². The van der Waals surface area contributed by atoms with E-state index in [1.54, 1.807) is 30.3 Å². The molecule has 2 heterocycles. The zero-order valence-corrected chi connectivity index (χ0v) is 19.0. The Kier molecular flexibility index (Phi) is 6.58. The molecule has 1 unspecified atom stereocenters. The molecule has 10 nitrogen and oxygen atoms in total. The Balaban J connectivity index is 1.52. The lowest BCUT2D eigenvalue weighted by Gasteiger charge is -2.18. The highest BCUT2D eigenvalue weighted by Gasteiger charge is 2.25. The fourth-order valence-corrected chi connectivity index (χ4v) is 3.61. The molecule has 0 aliphatic heterocycles. The van der Waals surface area contributed by atoms with Crippen LogP contribution in [-0.4, -0.2) is 30.6 Å². The number of imidazole rings is 1. The van der Waals surface area contributed by atoms with Crippen LogP contribution in [0.15, 0.2) is 70.5 Å². The van der Waals surface area contributed by atoms with Gasteiger partial charge in [0.2, 0.25) is 6.10 Å². The number of ether oxygens (including phenoxy) is 1. The average Bonchev–Trinajstić information content (AvgIpc) is 3.29. The molecule has 0 aliphatic carbocycles. The Morgan fingerprint density at radius 3 is 2.40 bits per heavy atom. The highest BCUT2D eigenvalue weighted by Crippen LogP contribution is 2.21. The number of aromatic nitrogens is 4. The van der Waals surface area contributed by atoms with E-state index in [9.17, 15) is 23.6 Å². The molecular formula is C24H22FN5O5. The van der Waals surface area contributed by atoms with Crippen LogP contribution in [0, 0.1) is 5.82 Å². The molecule has 0 fully saturated rings. The number of halogens is 1. The molecule has 4 aromatic rings. The van der Waals surface area contributed by atoms with E-state index in [2.05, 4.69) is 10.3 Å². The summed E-state index contributed by atoms with van der Waals surface area (Å²) in [5.41, 5.74) is 0.139. The van der Waals surface area contributed by atoms with Gasteiger partial charge >= 0.3 is 11.7 Å². The summed E-state index contributed by atoms with van der Waals surface area (Å²) in [5.74, 6) is -1.74. The first kappa shape index (κ1) is 23.6. The van der Waals surface area contributed by atoms with Crippen LogP contribution in [0.2, 0.25) is 0 Å². The van der Waals surface area contributed by atoms with E-state index < -0.39 is 35.0 Å². The topological polar surface area (TPSA) is 117 Å². The zero-order chi connectivity index (χ0) is 25.1. The van der Waals surface area contributed by atoms with Crippen LogP contribution < -0.4 is 16.6 Å². The summed E-state index contributed by atoms with van der Waals surface area (Å²) in [7, 11) is 2.86. The molecule has 1 atom stereocenters. The van der Waals surface area contributed by atoms with Crippen LogP contribution in [0.1, 0.15) is 18.1 Å². The number of esters is 1. The lowest BCUT2D eigenvalue weighted by atomic mass is 10.1. The van der Waals surface area contributed by atoms with Gasteiger partial charge in [0.15, 0.2) is 11.2 Å². The third kappa shape index (κ3) is 4.88. The molecule has 0 aliphatic rings. The molecular weight excluding hydrogens is 457 g/mol. The largest absolute Gasteiger partial charge is 0.447 e. The number of aryl methyl sites for hydroxylation is 2. The van der Waals surface area contributed by atoms with Gasteiger partial charge in [-0.3, -0.25) is 23.5 Å². The van der Waals surface area contributed by atoms with Crippen molar-refractivity contribution in [2.45, 2.75) is 19.1 Å². The number of carbonyl (C=O) groups excluding carboxylic acids is 2. The summed E-state index contributed by atoms with van der Waals surface area (Å²) in [6.45, 7) is 0.0455. The van der Waals surface area contributed by atoms with E-state index in [-0.39, 0.29) is 24.1 Å². The fourth-order valence-electron chi connectivity index (χ4n) is 3.61. The predicted molar refractivity (Wildman–Crippen MR) is 125 cm³/mol. The zero-order valence-electron chi connectivity index (χ0n) is 19.0. The molecule has 180 valence electrons. The summed E-state index contributed by atoms with van der Waals surface area (Å²) in [5, 5.41) is 2.62. The molecule has 2 aromatic heterocycles. The number of carbonyl (C=O) groups is 2. The van der Waals surface area contributed by atoms with Gasteiger partial charge in [0, 0.05) is 31.9 Å². The first-order valence-corrected chi connectivity index (χ1v) is 10.7. The summed E-state index contributed by atoms with van der Waals surface area (Å²) in [6, 6.07) is 13.7. The van der Waals surface area contributed by atoms with Crippen LogP contribution in [0.3, 0.4) is 0 Å². The van der Waals surface area contributed by atoms with Crippen molar-refractivity contribution in [3.05, 3.63) is 93.1 Å². The van der Waals surface area contributed by atoms with Gasteiger partial charge in [-0.05, 0) is 24.3 Å². The van der Waals surface area contributed by atoms with Crippen molar-refractivity contribution < 1.29 is 18.7 Å². The number of anilines is 1. The van der Waals surface area contributed by atoms with E-state index >= 15 is 0 Å². The predicted octanol–water partition coefficient (Wildman–Crippen LogP) is 1.89. The number of amides is 1. The number of hydrogen-bond donors (Lipinski definition) is 1. The lowest BCUT2D eigenvalue weighted by molar-refractivity contribution is -0.155. The maximum absolute atomic E-state index is 13.2. The maximum atomic E-state index is 13.2. The van der Waals surface area contributed by atoms with E-state index in [0.717, 1.165) is 4.57 Å². The van der Waals surface area contributed by atoms with Gasteiger partial charge in [-0.2, -0.15) is 0 Å². The normalized spacial score (nSPS) is 11.9. The van der Waals surface area contributed by atoms with Crippen LogP contribution >= 0.6 is 0 Å². The summed E-state index contributed by atoms with van der Waals surface area (Å²) in [6.07, 6.45) is -0.0405. The molecule has 0 saturated carbocycles. The Bertz CT molecular complexity index is 1510. The molecule has 1 N–H and O–H groups in total. The second-order valence-electron chi connectivity index (χ2n) is 7.84. The SMILES string of the molecule is Cn1c(=O)c2c(ncn2CCC(=O)OC(C(=O)Nc2ccc(F)cc2)c2ccccc2)n(C)c1=O. The third-order valence-corrected chi connectivity index (χ3v) is 5.48. The number of fused-ring (bicyclic) bond motifs is 1. The van der Waals surface area contributed by atoms with Crippen molar-refractivity contribution in [2.75, 3.05) is 5.32 Å². The van der Waals surface area contributed by atoms with Crippen LogP contribution in [0.25, 0.3) is 11.2 Å². The van der Waals surface area contributed by atoms with Crippen molar-refractivity contribution in [2.24, 2.45) is 14.1 Å². The number of nitrogens with one attached hydrogen (secondary N) is 1. The lowest BCUT2D eigenvalue weighted by Crippen LogP contribution is -2.37. The third-order valence-electron chi connectivity index (χ3n) is 5.48. The van der Waals surface area contributed by atoms with Gasteiger partial charge in [0.1, 0.15) is 5.82 Å². The summed E-state index contributed by atoms with van der Waals surface area (Å²) in [4.78, 5) is 54.4. The minimum absolute atomic E-state index is 0.0455. The standard InChI is InChI=1S/C24H22FN5O5/c1-28-21-19(23(33)29(2)24(28)34)30(14-26-21)13-12-18(31)35-20(15-6-4-3-5-7-15)22(32)27-17-10-8-16(25)9-11-17/h3-11,14,20H,12-13H2,1-2H3,(H,27,32). The Labute approximate surface area is 198 Å². The molecule has 35 heavy (non-hydrogen) atoms. The second kappa shape index (κ2) is 9.75. The first-order valence-electron chi connectivity index (χ1n) is 10.7. The van der Waals surface area contributed by atoms with Crippen LogP contribution in [-0.2, 0) is 35.0 Å². The Morgan fingerprint density at radius 1 is 1.03 bits per heavy atom. The average molecular weight is 479 g/mol. The van der Waals surface area contributed by atoms with E-state index in [0.29, 0.717) is 11.3 Å². The van der Waals surface area contributed by atoms with E-state index in [1.807, 2.05) is 0 Å². The number of hydrogen-bond acceptors (Lipinski definition) is 6. The minimum Gasteiger partial charge on any atom is -0.447 e. The van der Waals surface area contributed by atoms with Gasteiger partial charge < -0.3 is 14.6 Å². The summed E-state index contributed by atoms with van der Waals surface area (Å²) >= 11 is 0. The number of nitrogens with zero attached hydrogens (tertiary/aromatic N) is 4. The quantitative estimate of drug-likeness (QED) is 0.405. The Hall–Kier alpha value is -4.54. The van der Waals surface area contributed by atoms with Gasteiger partial charge in [-0.1, -0.05) is 30.3 Å². The van der Waals surface area contributed by atoms with Crippen molar-refractivity contribution in [1.82, 2.24) is 18.7 Å². The molecule has 2 aromatic carbocycles. The monoisotopic (exact) mass is 479 g/mol. The van der Waals surface area contributed by atoms with Crippen LogP contribution in [0.4, 0.5) is 10.1 Å². The van der Waals surface area contributed by atoms with Crippen molar-refractivity contribution >= 4 is 28.7 Å². The summed E-state index contributed by atoms with van der Waals surface area (Å²) < 4.78 is 22.4. The maximum Gasteiger partial charge on any atom is 0.332 e. The molecule has 0 spiro atoms. The molecule has 11 heteroatoms. The van der Waals surface area contributed by atoms with Gasteiger partial charge in [0.05, 0.1) is 12.7 Å². The molecule has 1 amide bonds. The molecule has 4 rings (SSSR count). The Morgan fingerprint density at radius 2 is 1.71 bits per heavy atom. The highest BCUT2D eigenvalue weighted by atomic mass is 19.1.